The van der Waals surface area contributed by atoms with E-state index < -0.39 is 5.97 Å². The average Bonchev–Trinajstić information content (AvgIpc) is 2.82. The summed E-state index contributed by atoms with van der Waals surface area (Å²) < 4.78 is 5.18. The number of phenols is 1. The van der Waals surface area contributed by atoms with Crippen molar-refractivity contribution >= 4 is 23.3 Å². The molecule has 0 fully saturated rings. The van der Waals surface area contributed by atoms with Crippen molar-refractivity contribution < 1.29 is 19.4 Å². The van der Waals surface area contributed by atoms with Crippen LogP contribution in [0.15, 0.2) is 89.1 Å². The Hall–Kier alpha value is -4.00. The normalized spacial score (nSPS) is 11.8. The standard InChI is InChI=1S/C25H25N3O4/c1-18(11-12-19-7-3-2-4-8-19)26-24(30)17-32-25(31)22-9-5-6-10-23(22)28-27-20-13-15-21(29)16-14-20/h2-10,13-16,18,29H,11-12,17H2,1H3,(H,26,30)/t18-/m1/s1. The first-order chi connectivity index (χ1) is 15.5. The molecule has 164 valence electrons. The van der Waals surface area contributed by atoms with Gasteiger partial charge in [0.1, 0.15) is 11.4 Å². The van der Waals surface area contributed by atoms with Gasteiger partial charge in [-0.1, -0.05) is 42.5 Å². The van der Waals surface area contributed by atoms with E-state index >= 15 is 0 Å². The summed E-state index contributed by atoms with van der Waals surface area (Å²) in [7, 11) is 0. The number of carbonyl (C=O) groups excluding carboxylic acids is 2. The topological polar surface area (TPSA) is 100 Å². The lowest BCUT2D eigenvalue weighted by Gasteiger charge is -2.14. The number of aryl methyl sites for hydroxylation is 1. The van der Waals surface area contributed by atoms with Crippen LogP contribution in [-0.2, 0) is 16.0 Å². The van der Waals surface area contributed by atoms with Gasteiger partial charge in [0.2, 0.25) is 0 Å². The van der Waals surface area contributed by atoms with Crippen LogP contribution in [0.4, 0.5) is 11.4 Å². The number of nitrogens with zero attached hydrogens (tertiary/aromatic N) is 2. The number of azo groups is 1. The van der Waals surface area contributed by atoms with Crippen LogP contribution in [0, 0.1) is 0 Å². The molecule has 0 aliphatic heterocycles. The maximum Gasteiger partial charge on any atom is 0.340 e. The zero-order chi connectivity index (χ0) is 22.8. The minimum atomic E-state index is -0.655. The Morgan fingerprint density at radius 3 is 2.38 bits per heavy atom. The van der Waals surface area contributed by atoms with Crippen molar-refractivity contribution in [2.75, 3.05) is 6.61 Å². The molecule has 3 aromatic carbocycles. The summed E-state index contributed by atoms with van der Waals surface area (Å²) in [5, 5.41) is 20.3. The number of phenolic OH excluding ortho intramolecular Hbond substituents is 1. The fraction of sp³-hybridized carbons (Fsp3) is 0.200. The number of hydrogen-bond acceptors (Lipinski definition) is 6. The molecule has 2 N–H and O–H groups in total. The van der Waals surface area contributed by atoms with Crippen LogP contribution in [0.1, 0.15) is 29.3 Å². The van der Waals surface area contributed by atoms with Crippen LogP contribution in [0.2, 0.25) is 0 Å². The van der Waals surface area contributed by atoms with E-state index in [2.05, 4.69) is 15.5 Å². The Morgan fingerprint density at radius 2 is 1.62 bits per heavy atom. The lowest BCUT2D eigenvalue weighted by molar-refractivity contribution is -0.124. The molecule has 1 amide bonds. The summed E-state index contributed by atoms with van der Waals surface area (Å²) in [5.41, 5.74) is 2.26. The summed E-state index contributed by atoms with van der Waals surface area (Å²) >= 11 is 0. The van der Waals surface area contributed by atoms with Gasteiger partial charge >= 0.3 is 5.97 Å². The first-order valence-corrected chi connectivity index (χ1v) is 10.3. The molecule has 7 nitrogen and oxygen atoms in total. The highest BCUT2D eigenvalue weighted by Gasteiger charge is 2.15. The molecule has 0 radical (unpaired) electrons. The molecule has 0 aliphatic carbocycles. The molecule has 0 bridgehead atoms. The zero-order valence-electron chi connectivity index (χ0n) is 17.8. The first kappa shape index (κ1) is 22.7. The second-order valence-corrected chi connectivity index (χ2v) is 7.30. The van der Waals surface area contributed by atoms with E-state index in [1.807, 2.05) is 37.3 Å². The summed E-state index contributed by atoms with van der Waals surface area (Å²) in [6, 6.07) is 22.8. The van der Waals surface area contributed by atoms with Crippen molar-refractivity contribution in [1.29, 1.82) is 0 Å². The number of amides is 1. The third kappa shape index (κ3) is 7.05. The smallest absolute Gasteiger partial charge is 0.340 e. The van der Waals surface area contributed by atoms with Crippen molar-refractivity contribution in [3.63, 3.8) is 0 Å². The monoisotopic (exact) mass is 431 g/mol. The van der Waals surface area contributed by atoms with Crippen LogP contribution in [0.3, 0.4) is 0 Å². The second kappa shape index (κ2) is 11.4. The molecule has 0 saturated carbocycles. The van der Waals surface area contributed by atoms with Crippen LogP contribution in [-0.4, -0.2) is 29.6 Å². The van der Waals surface area contributed by atoms with Gasteiger partial charge in [0.15, 0.2) is 6.61 Å². The molecule has 7 heteroatoms. The number of ether oxygens (including phenoxy) is 1. The van der Waals surface area contributed by atoms with Gasteiger partial charge < -0.3 is 15.2 Å². The fourth-order valence-electron chi connectivity index (χ4n) is 2.99. The summed E-state index contributed by atoms with van der Waals surface area (Å²) in [5.74, 6) is -0.889. The summed E-state index contributed by atoms with van der Waals surface area (Å²) in [6.45, 7) is 1.54. The maximum atomic E-state index is 12.5. The molecule has 0 aliphatic rings. The van der Waals surface area contributed by atoms with Gasteiger partial charge in [-0.3, -0.25) is 4.79 Å². The average molecular weight is 431 g/mol. The molecule has 32 heavy (non-hydrogen) atoms. The van der Waals surface area contributed by atoms with E-state index in [0.29, 0.717) is 11.4 Å². The molecular weight excluding hydrogens is 406 g/mol. The van der Waals surface area contributed by atoms with E-state index in [4.69, 9.17) is 4.74 Å². The number of aromatic hydroxyl groups is 1. The van der Waals surface area contributed by atoms with Gasteiger partial charge in [0.25, 0.3) is 5.91 Å². The van der Waals surface area contributed by atoms with Gasteiger partial charge in [-0.15, -0.1) is 5.11 Å². The predicted molar refractivity (Wildman–Crippen MR) is 121 cm³/mol. The van der Waals surface area contributed by atoms with E-state index in [-0.39, 0.29) is 29.9 Å². The third-order valence-electron chi connectivity index (χ3n) is 4.70. The second-order valence-electron chi connectivity index (χ2n) is 7.30. The highest BCUT2D eigenvalue weighted by molar-refractivity contribution is 5.96. The first-order valence-electron chi connectivity index (χ1n) is 10.3. The van der Waals surface area contributed by atoms with Gasteiger partial charge in [0, 0.05) is 6.04 Å². The minimum Gasteiger partial charge on any atom is -0.508 e. The minimum absolute atomic E-state index is 0.0483. The van der Waals surface area contributed by atoms with Crippen LogP contribution in [0.5, 0.6) is 5.75 Å². The van der Waals surface area contributed by atoms with Crippen molar-refractivity contribution in [2.24, 2.45) is 10.2 Å². The lowest BCUT2D eigenvalue weighted by Crippen LogP contribution is -2.36. The van der Waals surface area contributed by atoms with Crippen molar-refractivity contribution in [3.8, 4) is 5.75 Å². The lowest BCUT2D eigenvalue weighted by atomic mass is 10.1. The zero-order valence-corrected chi connectivity index (χ0v) is 17.8. The quantitative estimate of drug-likeness (QED) is 0.363. The summed E-state index contributed by atoms with van der Waals surface area (Å²) in [4.78, 5) is 24.7. The third-order valence-corrected chi connectivity index (χ3v) is 4.70. The Morgan fingerprint density at radius 1 is 0.938 bits per heavy atom. The van der Waals surface area contributed by atoms with Crippen molar-refractivity contribution in [2.45, 2.75) is 25.8 Å². The van der Waals surface area contributed by atoms with E-state index in [1.54, 1.807) is 36.4 Å². The van der Waals surface area contributed by atoms with Gasteiger partial charge in [-0.25, -0.2) is 4.79 Å². The van der Waals surface area contributed by atoms with E-state index in [1.165, 1.54) is 17.7 Å². The predicted octanol–water partition coefficient (Wildman–Crippen LogP) is 5.10. The number of nitrogens with one attached hydrogen (secondary N) is 1. The number of hydrogen-bond donors (Lipinski definition) is 2. The van der Waals surface area contributed by atoms with E-state index in [9.17, 15) is 14.7 Å². The number of benzene rings is 3. The highest BCUT2D eigenvalue weighted by atomic mass is 16.5. The molecule has 0 saturated heterocycles. The van der Waals surface area contributed by atoms with Crippen LogP contribution >= 0.6 is 0 Å². The van der Waals surface area contributed by atoms with E-state index in [0.717, 1.165) is 12.8 Å². The SMILES string of the molecule is C[C@H](CCc1ccccc1)NC(=O)COC(=O)c1ccccc1N=Nc1ccc(O)cc1. The Balaban J connectivity index is 1.51. The highest BCUT2D eigenvalue weighted by Crippen LogP contribution is 2.24. The largest absolute Gasteiger partial charge is 0.508 e. The Labute approximate surface area is 186 Å². The van der Waals surface area contributed by atoms with Crippen molar-refractivity contribution in [1.82, 2.24) is 5.32 Å². The molecule has 3 aromatic rings. The fourth-order valence-corrected chi connectivity index (χ4v) is 2.99. The number of rotatable bonds is 9. The number of esters is 1. The maximum absolute atomic E-state index is 12.5. The molecule has 0 unspecified atom stereocenters. The number of carbonyl (C=O) groups is 2. The van der Waals surface area contributed by atoms with Crippen molar-refractivity contribution in [3.05, 3.63) is 90.0 Å². The van der Waals surface area contributed by atoms with Gasteiger partial charge in [-0.2, -0.15) is 5.11 Å². The van der Waals surface area contributed by atoms with Gasteiger partial charge in [0.05, 0.1) is 11.3 Å². The molecule has 3 rings (SSSR count). The molecule has 0 heterocycles. The summed E-state index contributed by atoms with van der Waals surface area (Å²) in [6.07, 6.45) is 1.63. The molecule has 0 aromatic heterocycles. The molecule has 0 spiro atoms. The Bertz CT molecular complexity index is 1070. The Kier molecular flexibility index (Phi) is 8.09. The van der Waals surface area contributed by atoms with Gasteiger partial charge in [-0.05, 0) is 61.7 Å². The van der Waals surface area contributed by atoms with Crippen LogP contribution < -0.4 is 5.32 Å². The molecule has 1 atom stereocenters. The molecular formula is C25H25N3O4. The van der Waals surface area contributed by atoms with Crippen LogP contribution in [0.25, 0.3) is 0 Å².